The van der Waals surface area contributed by atoms with Crippen molar-refractivity contribution < 1.29 is 14.7 Å². The quantitative estimate of drug-likeness (QED) is 0.621. The number of carbonyl (C=O) groups excluding carboxylic acids is 1. The van der Waals surface area contributed by atoms with Gasteiger partial charge in [0.05, 0.1) is 15.0 Å². The van der Waals surface area contributed by atoms with Crippen molar-refractivity contribution in [2.24, 2.45) is 0 Å². The van der Waals surface area contributed by atoms with Crippen LogP contribution in [0, 0.1) is 0 Å². The second-order valence-electron chi connectivity index (χ2n) is 4.50. The highest BCUT2D eigenvalue weighted by Crippen LogP contribution is 2.33. The van der Waals surface area contributed by atoms with E-state index in [0.717, 1.165) is 5.56 Å². The van der Waals surface area contributed by atoms with Gasteiger partial charge >= 0.3 is 5.97 Å². The Morgan fingerprint density at radius 1 is 1.36 bits per heavy atom. The number of nitrogens with zero attached hydrogens (tertiary/aromatic N) is 1. The average molecular weight is 376 g/mol. The number of aliphatic carboxylic acids is 1. The number of halogens is 2. The highest BCUT2D eigenvalue weighted by Gasteiger charge is 2.31. The number of thiocarbonyl (C=S) groups is 1. The zero-order valence-electron chi connectivity index (χ0n) is 11.2. The number of hydrogen-bond acceptors (Lipinski definition) is 4. The molecule has 1 aliphatic heterocycles. The smallest absolute Gasteiger partial charge is 0.303 e. The van der Waals surface area contributed by atoms with Gasteiger partial charge in [-0.3, -0.25) is 14.5 Å². The lowest BCUT2D eigenvalue weighted by molar-refractivity contribution is -0.137. The van der Waals surface area contributed by atoms with Crippen LogP contribution in [0.2, 0.25) is 10.0 Å². The molecule has 1 saturated heterocycles. The average Bonchev–Trinajstić information content (AvgIpc) is 2.70. The van der Waals surface area contributed by atoms with Crippen LogP contribution in [0.3, 0.4) is 0 Å². The fraction of sp³-hybridized carbons (Fsp3) is 0.214. The molecule has 0 spiro atoms. The van der Waals surface area contributed by atoms with E-state index < -0.39 is 5.97 Å². The van der Waals surface area contributed by atoms with Crippen LogP contribution in [0.4, 0.5) is 0 Å². The number of carboxylic acid groups (broad SMARTS) is 1. The van der Waals surface area contributed by atoms with E-state index in [0.29, 0.717) is 32.2 Å². The highest BCUT2D eigenvalue weighted by atomic mass is 35.5. The summed E-state index contributed by atoms with van der Waals surface area (Å²) in [4.78, 5) is 24.7. The molecule has 1 fully saturated rings. The number of carbonyl (C=O) groups is 2. The van der Waals surface area contributed by atoms with Gasteiger partial charge in [-0.05, 0) is 30.2 Å². The Labute approximate surface area is 147 Å². The number of carboxylic acids is 1. The van der Waals surface area contributed by atoms with Gasteiger partial charge in [-0.1, -0.05) is 53.2 Å². The van der Waals surface area contributed by atoms with Crippen LogP contribution in [-0.2, 0) is 9.59 Å². The summed E-state index contributed by atoms with van der Waals surface area (Å²) in [7, 11) is 0. The number of hydrogen-bond donors (Lipinski definition) is 1. The van der Waals surface area contributed by atoms with Crippen molar-refractivity contribution in [2.45, 2.75) is 12.8 Å². The molecule has 1 aliphatic rings. The molecule has 0 aromatic heterocycles. The van der Waals surface area contributed by atoms with E-state index in [1.807, 2.05) is 0 Å². The van der Waals surface area contributed by atoms with Crippen molar-refractivity contribution in [3.8, 4) is 0 Å². The normalized spacial score (nSPS) is 16.6. The number of amides is 1. The molecule has 0 atom stereocenters. The van der Waals surface area contributed by atoms with Crippen LogP contribution in [-0.4, -0.2) is 32.7 Å². The van der Waals surface area contributed by atoms with E-state index >= 15 is 0 Å². The van der Waals surface area contributed by atoms with Crippen LogP contribution in [0.15, 0.2) is 23.1 Å². The van der Waals surface area contributed by atoms with Gasteiger partial charge in [0.15, 0.2) is 0 Å². The van der Waals surface area contributed by atoms with Crippen molar-refractivity contribution in [2.75, 3.05) is 6.54 Å². The fourth-order valence-electron chi connectivity index (χ4n) is 1.83. The Morgan fingerprint density at radius 2 is 2.09 bits per heavy atom. The zero-order chi connectivity index (χ0) is 16.3. The summed E-state index contributed by atoms with van der Waals surface area (Å²) in [6.45, 7) is 0.301. The largest absolute Gasteiger partial charge is 0.481 e. The van der Waals surface area contributed by atoms with E-state index in [4.69, 9.17) is 40.5 Å². The molecule has 8 heteroatoms. The van der Waals surface area contributed by atoms with Gasteiger partial charge in [0.25, 0.3) is 5.91 Å². The summed E-state index contributed by atoms with van der Waals surface area (Å²) in [6, 6.07) is 5.08. The van der Waals surface area contributed by atoms with Crippen LogP contribution < -0.4 is 0 Å². The van der Waals surface area contributed by atoms with E-state index in [2.05, 4.69) is 0 Å². The molecule has 1 amide bonds. The molecule has 1 aromatic carbocycles. The summed E-state index contributed by atoms with van der Waals surface area (Å²) < 4.78 is 0.432. The Morgan fingerprint density at radius 3 is 2.73 bits per heavy atom. The maximum Gasteiger partial charge on any atom is 0.303 e. The third-order valence-corrected chi connectivity index (χ3v) is 5.00. The number of benzene rings is 1. The summed E-state index contributed by atoms with van der Waals surface area (Å²) in [5, 5.41) is 9.49. The third kappa shape index (κ3) is 4.23. The Kier molecular flexibility index (Phi) is 5.86. The molecule has 22 heavy (non-hydrogen) atoms. The van der Waals surface area contributed by atoms with Gasteiger partial charge < -0.3 is 5.11 Å². The molecule has 1 aromatic rings. The Hall–Kier alpha value is -1.08. The van der Waals surface area contributed by atoms with Gasteiger partial charge in [0, 0.05) is 13.0 Å². The lowest BCUT2D eigenvalue weighted by atomic mass is 10.2. The first-order valence-corrected chi connectivity index (χ1v) is 8.29. The topological polar surface area (TPSA) is 57.6 Å². The molecular formula is C14H11Cl2NO3S2. The van der Waals surface area contributed by atoms with Gasteiger partial charge in [-0.2, -0.15) is 0 Å². The minimum Gasteiger partial charge on any atom is -0.481 e. The van der Waals surface area contributed by atoms with Crippen LogP contribution >= 0.6 is 47.2 Å². The molecule has 0 aliphatic carbocycles. The first kappa shape index (κ1) is 17.3. The monoisotopic (exact) mass is 375 g/mol. The van der Waals surface area contributed by atoms with Crippen LogP contribution in [0.1, 0.15) is 18.4 Å². The van der Waals surface area contributed by atoms with Crippen molar-refractivity contribution in [1.29, 1.82) is 0 Å². The fourth-order valence-corrected chi connectivity index (χ4v) is 3.45. The zero-order valence-corrected chi connectivity index (χ0v) is 14.4. The van der Waals surface area contributed by atoms with E-state index in [-0.39, 0.29) is 12.3 Å². The molecule has 4 nitrogen and oxygen atoms in total. The van der Waals surface area contributed by atoms with Crippen LogP contribution in [0.5, 0.6) is 0 Å². The second kappa shape index (κ2) is 7.46. The van der Waals surface area contributed by atoms with Crippen molar-refractivity contribution in [1.82, 2.24) is 4.90 Å². The molecule has 0 radical (unpaired) electrons. The molecule has 0 bridgehead atoms. The number of rotatable bonds is 5. The van der Waals surface area contributed by atoms with E-state index in [1.54, 1.807) is 24.3 Å². The molecule has 1 heterocycles. The summed E-state index contributed by atoms with van der Waals surface area (Å²) in [5.41, 5.74) is 0.750. The summed E-state index contributed by atoms with van der Waals surface area (Å²) >= 11 is 18.2. The minimum atomic E-state index is -0.892. The summed E-state index contributed by atoms with van der Waals surface area (Å²) in [6.07, 6.45) is 2.06. The van der Waals surface area contributed by atoms with Crippen molar-refractivity contribution >= 4 is 69.5 Å². The first-order valence-electron chi connectivity index (χ1n) is 6.30. The summed E-state index contributed by atoms with van der Waals surface area (Å²) in [5.74, 6) is -1.11. The van der Waals surface area contributed by atoms with Gasteiger partial charge in [-0.25, -0.2) is 0 Å². The second-order valence-corrected chi connectivity index (χ2v) is 6.99. The lowest BCUT2D eigenvalue weighted by Crippen LogP contribution is -2.29. The van der Waals surface area contributed by atoms with Crippen LogP contribution in [0.25, 0.3) is 6.08 Å². The van der Waals surface area contributed by atoms with E-state index in [9.17, 15) is 9.59 Å². The maximum absolute atomic E-state index is 12.3. The Bertz CT molecular complexity index is 676. The predicted molar refractivity (Wildman–Crippen MR) is 93.2 cm³/mol. The lowest BCUT2D eigenvalue weighted by Gasteiger charge is -2.13. The van der Waals surface area contributed by atoms with Gasteiger partial charge in [0.2, 0.25) is 0 Å². The molecule has 0 saturated carbocycles. The molecular weight excluding hydrogens is 365 g/mol. The van der Waals surface area contributed by atoms with Gasteiger partial charge in [0.1, 0.15) is 4.32 Å². The van der Waals surface area contributed by atoms with E-state index in [1.165, 1.54) is 16.7 Å². The SMILES string of the molecule is O=C(O)CCCN1C(=O)C(=Cc2ccc(Cl)c(Cl)c2)SC1=S. The Balaban J connectivity index is 2.11. The first-order chi connectivity index (χ1) is 10.4. The predicted octanol–water partition coefficient (Wildman–Crippen LogP) is 4.06. The standard InChI is InChI=1S/C14H11Cl2NO3S2/c15-9-4-3-8(6-10(9)16)7-11-13(20)17(14(21)22-11)5-1-2-12(18)19/h3-4,6-7H,1-2,5H2,(H,18,19). The minimum absolute atomic E-state index is 0.00288. The van der Waals surface area contributed by atoms with Crippen molar-refractivity contribution in [3.63, 3.8) is 0 Å². The number of thioether (sulfide) groups is 1. The van der Waals surface area contributed by atoms with Crippen molar-refractivity contribution in [3.05, 3.63) is 38.7 Å². The maximum atomic E-state index is 12.3. The molecule has 2 rings (SSSR count). The molecule has 0 unspecified atom stereocenters. The molecule has 116 valence electrons. The molecule has 1 N–H and O–H groups in total. The highest BCUT2D eigenvalue weighted by molar-refractivity contribution is 8.26. The van der Waals surface area contributed by atoms with Gasteiger partial charge in [-0.15, -0.1) is 0 Å². The third-order valence-electron chi connectivity index (χ3n) is 2.89.